The van der Waals surface area contributed by atoms with Gasteiger partial charge in [0, 0.05) is 12.2 Å². The van der Waals surface area contributed by atoms with Gasteiger partial charge in [0.1, 0.15) is 13.2 Å². The Morgan fingerprint density at radius 1 is 0.913 bits per heavy atom. The van der Waals surface area contributed by atoms with E-state index in [1.165, 1.54) is 0 Å². The lowest BCUT2D eigenvalue weighted by Gasteiger charge is -2.23. The molecule has 0 saturated heterocycles. The molecule has 0 aliphatic heterocycles. The van der Waals surface area contributed by atoms with E-state index in [9.17, 15) is 4.79 Å². The van der Waals surface area contributed by atoms with Crippen LogP contribution in [0.5, 0.6) is 0 Å². The van der Waals surface area contributed by atoms with Gasteiger partial charge in [0.05, 0.1) is 13.2 Å². The molecular weight excluding hydrogens is 294 g/mol. The molecule has 0 saturated carbocycles. The van der Waals surface area contributed by atoms with Gasteiger partial charge in [-0.25, -0.2) is 4.79 Å². The SMILES string of the molecule is O=C(OCCN(CCO)c1ccccc1)OCc1ccccc1. The van der Waals surface area contributed by atoms with Crippen LogP contribution < -0.4 is 4.90 Å². The summed E-state index contributed by atoms with van der Waals surface area (Å²) in [5.74, 6) is 0. The fourth-order valence-corrected chi connectivity index (χ4v) is 2.13. The Morgan fingerprint density at radius 2 is 1.57 bits per heavy atom. The number of nitrogens with zero attached hydrogens (tertiary/aromatic N) is 1. The fourth-order valence-electron chi connectivity index (χ4n) is 2.13. The second kappa shape index (κ2) is 9.48. The first-order valence-corrected chi connectivity index (χ1v) is 7.54. The van der Waals surface area contributed by atoms with Crippen LogP contribution in [0.3, 0.4) is 0 Å². The summed E-state index contributed by atoms with van der Waals surface area (Å²) in [6, 6.07) is 19.1. The Bertz CT molecular complexity index is 574. The Kier molecular flexibility index (Phi) is 6.94. The van der Waals surface area contributed by atoms with E-state index in [1.54, 1.807) is 0 Å². The zero-order valence-electron chi connectivity index (χ0n) is 12.9. The maximum absolute atomic E-state index is 11.6. The second-order valence-corrected chi connectivity index (χ2v) is 4.92. The minimum absolute atomic E-state index is 0.0351. The van der Waals surface area contributed by atoms with E-state index in [1.807, 2.05) is 65.6 Å². The van der Waals surface area contributed by atoms with E-state index >= 15 is 0 Å². The van der Waals surface area contributed by atoms with Gasteiger partial charge >= 0.3 is 6.16 Å². The first-order valence-electron chi connectivity index (χ1n) is 7.54. The van der Waals surface area contributed by atoms with Crippen molar-refractivity contribution in [3.63, 3.8) is 0 Å². The number of aliphatic hydroxyl groups excluding tert-OH is 1. The monoisotopic (exact) mass is 315 g/mol. The van der Waals surface area contributed by atoms with Crippen LogP contribution in [0.2, 0.25) is 0 Å². The number of ether oxygens (including phenoxy) is 2. The Morgan fingerprint density at radius 3 is 2.22 bits per heavy atom. The van der Waals surface area contributed by atoms with E-state index < -0.39 is 6.16 Å². The Hall–Kier alpha value is -2.53. The molecule has 122 valence electrons. The third kappa shape index (κ3) is 6.00. The van der Waals surface area contributed by atoms with Crippen LogP contribution in [0.15, 0.2) is 60.7 Å². The second-order valence-electron chi connectivity index (χ2n) is 4.92. The van der Waals surface area contributed by atoms with Crippen molar-refractivity contribution >= 4 is 11.8 Å². The lowest BCUT2D eigenvalue weighted by molar-refractivity contribution is 0.0516. The van der Waals surface area contributed by atoms with Crippen LogP contribution in [0.4, 0.5) is 10.5 Å². The third-order valence-electron chi connectivity index (χ3n) is 3.27. The lowest BCUT2D eigenvalue weighted by Crippen LogP contribution is -2.31. The van der Waals surface area contributed by atoms with Gasteiger partial charge in [-0.15, -0.1) is 0 Å². The molecule has 0 aliphatic carbocycles. The molecule has 0 aliphatic rings. The van der Waals surface area contributed by atoms with Gasteiger partial charge < -0.3 is 19.5 Å². The van der Waals surface area contributed by atoms with E-state index in [0.29, 0.717) is 13.1 Å². The number of rotatable bonds is 8. The average molecular weight is 315 g/mol. The van der Waals surface area contributed by atoms with Crippen molar-refractivity contribution in [1.82, 2.24) is 0 Å². The zero-order valence-corrected chi connectivity index (χ0v) is 12.9. The summed E-state index contributed by atoms with van der Waals surface area (Å²) < 4.78 is 10.1. The van der Waals surface area contributed by atoms with Crippen molar-refractivity contribution < 1.29 is 19.4 Å². The maximum Gasteiger partial charge on any atom is 0.508 e. The van der Waals surface area contributed by atoms with Crippen molar-refractivity contribution in [2.75, 3.05) is 31.2 Å². The smallest absolute Gasteiger partial charge is 0.432 e. The third-order valence-corrected chi connectivity index (χ3v) is 3.27. The Labute approximate surface area is 136 Å². The number of benzene rings is 2. The highest BCUT2D eigenvalue weighted by Gasteiger charge is 2.08. The molecule has 2 aromatic carbocycles. The molecule has 1 N–H and O–H groups in total. The lowest BCUT2D eigenvalue weighted by atomic mass is 10.2. The summed E-state index contributed by atoms with van der Waals surface area (Å²) in [5.41, 5.74) is 1.89. The molecule has 0 amide bonds. The minimum Gasteiger partial charge on any atom is -0.432 e. The molecular formula is C18H21NO4. The fraction of sp³-hybridized carbons (Fsp3) is 0.278. The van der Waals surface area contributed by atoms with E-state index in [-0.39, 0.29) is 19.8 Å². The normalized spacial score (nSPS) is 10.1. The molecule has 0 radical (unpaired) electrons. The van der Waals surface area contributed by atoms with E-state index in [2.05, 4.69) is 0 Å². The molecule has 5 nitrogen and oxygen atoms in total. The van der Waals surface area contributed by atoms with E-state index in [0.717, 1.165) is 11.3 Å². The molecule has 2 aromatic rings. The number of para-hydroxylation sites is 1. The molecule has 0 atom stereocenters. The summed E-state index contributed by atoms with van der Waals surface area (Å²) in [6.07, 6.45) is -0.689. The van der Waals surface area contributed by atoms with Crippen LogP contribution >= 0.6 is 0 Å². The predicted octanol–water partition coefficient (Wildman–Crippen LogP) is 2.84. The number of anilines is 1. The van der Waals surface area contributed by atoms with Crippen molar-refractivity contribution in [1.29, 1.82) is 0 Å². The summed E-state index contributed by atoms with van der Waals surface area (Å²) in [5, 5.41) is 9.14. The Balaban J connectivity index is 1.73. The topological polar surface area (TPSA) is 59.0 Å². The standard InChI is InChI=1S/C18H21NO4/c20-13-11-19(17-9-5-2-6-10-17)12-14-22-18(21)23-15-16-7-3-1-4-8-16/h1-10,20H,11-15H2. The average Bonchev–Trinajstić information content (AvgIpc) is 2.61. The first kappa shape index (κ1) is 16.8. The first-order chi connectivity index (χ1) is 11.3. The highest BCUT2D eigenvalue weighted by Crippen LogP contribution is 2.12. The van der Waals surface area contributed by atoms with E-state index in [4.69, 9.17) is 14.6 Å². The number of hydrogen-bond acceptors (Lipinski definition) is 5. The molecule has 0 heterocycles. The summed E-state index contributed by atoms with van der Waals surface area (Å²) >= 11 is 0. The van der Waals surface area contributed by atoms with Gasteiger partial charge in [0.15, 0.2) is 0 Å². The largest absolute Gasteiger partial charge is 0.508 e. The number of carbonyl (C=O) groups excluding carboxylic acids is 1. The molecule has 23 heavy (non-hydrogen) atoms. The van der Waals surface area contributed by atoms with Crippen molar-refractivity contribution in [2.45, 2.75) is 6.61 Å². The molecule has 2 rings (SSSR count). The molecule has 0 unspecified atom stereocenters. The van der Waals surface area contributed by atoms with Gasteiger partial charge in [-0.05, 0) is 17.7 Å². The van der Waals surface area contributed by atoms with Gasteiger partial charge in [0.2, 0.25) is 0 Å². The van der Waals surface area contributed by atoms with Crippen LogP contribution in [0.25, 0.3) is 0 Å². The van der Waals surface area contributed by atoms with Crippen LogP contribution in [-0.2, 0) is 16.1 Å². The quantitative estimate of drug-likeness (QED) is 0.759. The summed E-state index contributed by atoms with van der Waals surface area (Å²) in [4.78, 5) is 13.5. The van der Waals surface area contributed by atoms with Gasteiger partial charge in [-0.1, -0.05) is 48.5 Å². The summed E-state index contributed by atoms with van der Waals surface area (Å²) in [7, 11) is 0. The molecule has 0 fully saturated rings. The van der Waals surface area contributed by atoms with Crippen molar-refractivity contribution in [2.24, 2.45) is 0 Å². The highest BCUT2D eigenvalue weighted by atomic mass is 16.7. The van der Waals surface area contributed by atoms with Crippen molar-refractivity contribution in [3.8, 4) is 0 Å². The molecule has 5 heteroatoms. The zero-order chi connectivity index (χ0) is 16.3. The van der Waals surface area contributed by atoms with Crippen LogP contribution in [0.1, 0.15) is 5.56 Å². The molecule has 0 spiro atoms. The van der Waals surface area contributed by atoms with Gasteiger partial charge in [-0.3, -0.25) is 0 Å². The van der Waals surface area contributed by atoms with Gasteiger partial charge in [0.25, 0.3) is 0 Å². The minimum atomic E-state index is -0.689. The molecule has 0 aromatic heterocycles. The van der Waals surface area contributed by atoms with Crippen molar-refractivity contribution in [3.05, 3.63) is 66.2 Å². The predicted molar refractivity (Wildman–Crippen MR) is 88.3 cm³/mol. The number of hydrogen-bond donors (Lipinski definition) is 1. The number of carbonyl (C=O) groups is 1. The van der Waals surface area contributed by atoms with Crippen LogP contribution in [0, 0.1) is 0 Å². The number of aliphatic hydroxyl groups is 1. The summed E-state index contributed by atoms with van der Waals surface area (Å²) in [6.45, 7) is 1.39. The maximum atomic E-state index is 11.6. The highest BCUT2D eigenvalue weighted by molar-refractivity contribution is 5.60. The van der Waals surface area contributed by atoms with Gasteiger partial charge in [-0.2, -0.15) is 0 Å². The molecule has 0 bridgehead atoms. The van der Waals surface area contributed by atoms with Crippen LogP contribution in [-0.4, -0.2) is 37.6 Å².